The third kappa shape index (κ3) is 8.89. The first-order valence-electron chi connectivity index (χ1n) is 12.7. The van der Waals surface area contributed by atoms with E-state index in [1.54, 1.807) is 20.8 Å². The Balaban J connectivity index is 2.40. The molecule has 0 unspecified atom stereocenters. The van der Waals surface area contributed by atoms with E-state index in [4.69, 9.17) is 18.9 Å². The van der Waals surface area contributed by atoms with Crippen molar-refractivity contribution < 1.29 is 33.6 Å². The Morgan fingerprint density at radius 1 is 1.09 bits per heavy atom. The third-order valence-corrected chi connectivity index (χ3v) is 6.64. The zero-order chi connectivity index (χ0) is 26.3. The van der Waals surface area contributed by atoms with Gasteiger partial charge in [-0.3, -0.25) is 4.79 Å². The number of carbonyl (C=O) groups excluding carboxylic acids is 2. The van der Waals surface area contributed by atoms with Crippen LogP contribution in [0.5, 0.6) is 0 Å². The molecule has 2 rings (SSSR count). The van der Waals surface area contributed by atoms with Crippen molar-refractivity contribution in [2.24, 2.45) is 11.8 Å². The summed E-state index contributed by atoms with van der Waals surface area (Å²) in [5.74, 6) is -0.657. The quantitative estimate of drug-likeness (QED) is 0.316. The van der Waals surface area contributed by atoms with Crippen LogP contribution in [0.15, 0.2) is 34.9 Å². The van der Waals surface area contributed by atoms with Gasteiger partial charge in [-0.15, -0.1) is 0 Å². The van der Waals surface area contributed by atoms with E-state index in [2.05, 4.69) is 39.8 Å². The number of allylic oxidation sites excluding steroid dienone is 4. The fourth-order valence-electron chi connectivity index (χ4n) is 4.65. The molecule has 0 saturated carbocycles. The standard InChI is InChI=1S/C28H44O7/c1-16(2)14-24(30)35-26-25(31)20(7)32-28(27(26)33-21(8)29)34-23-15-19(6)11-9-10-18(5)12-13-22(23)17(3)4/h10,14-15,17,20,22-23,25-28,31H,9,11-13H2,1-8H3/b18-10+,19-15+/t20-,22-,23-,25-,26-,27+,28-/m0/s1. The molecule has 1 N–H and O–H groups in total. The molecule has 35 heavy (non-hydrogen) atoms. The van der Waals surface area contributed by atoms with Gasteiger partial charge >= 0.3 is 11.9 Å². The first kappa shape index (κ1) is 29.3. The summed E-state index contributed by atoms with van der Waals surface area (Å²) in [7, 11) is 0. The highest BCUT2D eigenvalue weighted by Crippen LogP contribution is 2.33. The maximum Gasteiger partial charge on any atom is 0.331 e. The number of rotatable bonds is 6. The maximum atomic E-state index is 12.4. The summed E-state index contributed by atoms with van der Waals surface area (Å²) >= 11 is 0. The molecule has 0 aromatic rings. The lowest BCUT2D eigenvalue weighted by molar-refractivity contribution is -0.308. The Morgan fingerprint density at radius 3 is 2.37 bits per heavy atom. The maximum absolute atomic E-state index is 12.4. The van der Waals surface area contributed by atoms with Crippen molar-refractivity contribution in [3.8, 4) is 0 Å². The van der Waals surface area contributed by atoms with Gasteiger partial charge < -0.3 is 24.1 Å². The monoisotopic (exact) mass is 492 g/mol. The van der Waals surface area contributed by atoms with Crippen molar-refractivity contribution in [1.82, 2.24) is 0 Å². The Kier molecular flexibility index (Phi) is 11.2. The van der Waals surface area contributed by atoms with Crippen molar-refractivity contribution in [3.63, 3.8) is 0 Å². The Morgan fingerprint density at radius 2 is 1.77 bits per heavy atom. The fourth-order valence-corrected chi connectivity index (χ4v) is 4.65. The number of aliphatic hydroxyl groups excluding tert-OH is 1. The summed E-state index contributed by atoms with van der Waals surface area (Å²) in [6.45, 7) is 15.1. The molecule has 0 bridgehead atoms. The molecule has 0 amide bonds. The van der Waals surface area contributed by atoms with Gasteiger partial charge in [-0.05, 0) is 72.1 Å². The lowest BCUT2D eigenvalue weighted by Gasteiger charge is -2.44. The van der Waals surface area contributed by atoms with Crippen LogP contribution in [0.3, 0.4) is 0 Å². The van der Waals surface area contributed by atoms with Gasteiger partial charge in [-0.1, -0.05) is 42.7 Å². The molecular formula is C28H44O7. The van der Waals surface area contributed by atoms with E-state index in [0.29, 0.717) is 5.92 Å². The summed E-state index contributed by atoms with van der Waals surface area (Å²) in [6, 6.07) is 0. The van der Waals surface area contributed by atoms with E-state index >= 15 is 0 Å². The molecule has 1 fully saturated rings. The van der Waals surface area contributed by atoms with Gasteiger partial charge in [0.05, 0.1) is 12.2 Å². The Labute approximate surface area is 210 Å². The van der Waals surface area contributed by atoms with E-state index in [0.717, 1.165) is 31.3 Å². The van der Waals surface area contributed by atoms with Crippen molar-refractivity contribution in [3.05, 3.63) is 34.9 Å². The van der Waals surface area contributed by atoms with Crippen LogP contribution in [0.1, 0.15) is 81.1 Å². The van der Waals surface area contributed by atoms with Crippen LogP contribution in [-0.4, -0.2) is 53.9 Å². The second-order valence-corrected chi connectivity index (χ2v) is 10.5. The van der Waals surface area contributed by atoms with Gasteiger partial charge in [-0.25, -0.2) is 4.79 Å². The van der Waals surface area contributed by atoms with Gasteiger partial charge in [0, 0.05) is 13.0 Å². The third-order valence-electron chi connectivity index (χ3n) is 6.64. The van der Waals surface area contributed by atoms with Crippen LogP contribution >= 0.6 is 0 Å². The molecule has 1 heterocycles. The molecule has 1 aliphatic carbocycles. The van der Waals surface area contributed by atoms with Crippen molar-refractivity contribution in [2.75, 3.05) is 0 Å². The van der Waals surface area contributed by atoms with E-state index in [-0.39, 0.29) is 12.0 Å². The summed E-state index contributed by atoms with van der Waals surface area (Å²) in [5.41, 5.74) is 3.34. The highest BCUT2D eigenvalue weighted by atomic mass is 16.7. The Bertz CT molecular complexity index is 821. The van der Waals surface area contributed by atoms with E-state index in [1.165, 1.54) is 24.1 Å². The minimum atomic E-state index is -1.18. The predicted molar refractivity (Wildman–Crippen MR) is 134 cm³/mol. The lowest BCUT2D eigenvalue weighted by atomic mass is 9.83. The van der Waals surface area contributed by atoms with E-state index in [9.17, 15) is 14.7 Å². The first-order valence-corrected chi connectivity index (χ1v) is 12.7. The lowest BCUT2D eigenvalue weighted by Crippen LogP contribution is -2.60. The van der Waals surface area contributed by atoms with Crippen LogP contribution in [0.2, 0.25) is 0 Å². The fraction of sp³-hybridized carbons (Fsp3) is 0.714. The van der Waals surface area contributed by atoms with E-state index < -0.39 is 42.6 Å². The number of hydrogen-bond acceptors (Lipinski definition) is 7. The average Bonchev–Trinajstić information content (AvgIpc) is 2.72. The van der Waals surface area contributed by atoms with Crippen molar-refractivity contribution in [1.29, 1.82) is 0 Å². The van der Waals surface area contributed by atoms with Crippen LogP contribution in [0.4, 0.5) is 0 Å². The van der Waals surface area contributed by atoms with Crippen molar-refractivity contribution in [2.45, 2.75) is 118 Å². The van der Waals surface area contributed by atoms with Crippen LogP contribution < -0.4 is 0 Å². The summed E-state index contributed by atoms with van der Waals surface area (Å²) < 4.78 is 23.7. The minimum Gasteiger partial charge on any atom is -0.453 e. The number of ether oxygens (including phenoxy) is 4. The highest BCUT2D eigenvalue weighted by Gasteiger charge is 2.49. The molecule has 2 aliphatic rings. The van der Waals surface area contributed by atoms with Gasteiger partial charge in [-0.2, -0.15) is 0 Å². The normalized spacial score (nSPS) is 35.2. The predicted octanol–water partition coefficient (Wildman–Crippen LogP) is 5.03. The minimum absolute atomic E-state index is 0.196. The summed E-state index contributed by atoms with van der Waals surface area (Å²) in [4.78, 5) is 24.4. The van der Waals surface area contributed by atoms with Crippen LogP contribution in [0, 0.1) is 11.8 Å². The summed E-state index contributed by atoms with van der Waals surface area (Å²) in [5, 5.41) is 10.8. The zero-order valence-electron chi connectivity index (χ0n) is 22.6. The number of esters is 2. The van der Waals surface area contributed by atoms with Crippen LogP contribution in [-0.2, 0) is 28.5 Å². The van der Waals surface area contributed by atoms with E-state index in [1.807, 2.05) is 0 Å². The smallest absolute Gasteiger partial charge is 0.331 e. The SMILES string of the molecule is CC(=O)O[C@H]1[C@H](O[C@H]2/C=C(\C)CC/C=C(\C)CC[C@H]2C(C)C)O[C@@H](C)[C@H](O)[C@@H]1OC(=O)C=C(C)C. The molecule has 0 radical (unpaired) electrons. The van der Waals surface area contributed by atoms with Gasteiger partial charge in [0.25, 0.3) is 0 Å². The second kappa shape index (κ2) is 13.4. The Hall–Kier alpha value is -1.96. The van der Waals surface area contributed by atoms with Gasteiger partial charge in [0.2, 0.25) is 0 Å². The molecule has 0 aromatic carbocycles. The zero-order valence-corrected chi connectivity index (χ0v) is 22.6. The van der Waals surface area contributed by atoms with Crippen molar-refractivity contribution >= 4 is 11.9 Å². The van der Waals surface area contributed by atoms with Gasteiger partial charge in [0.15, 0.2) is 18.5 Å². The number of hydrogen-bond donors (Lipinski definition) is 1. The van der Waals surface area contributed by atoms with Crippen LogP contribution in [0.25, 0.3) is 0 Å². The molecule has 7 atom stereocenters. The molecule has 1 aliphatic heterocycles. The molecule has 7 heteroatoms. The average molecular weight is 493 g/mol. The second-order valence-electron chi connectivity index (χ2n) is 10.5. The molecule has 0 aromatic heterocycles. The molecule has 1 saturated heterocycles. The number of aliphatic hydroxyl groups is 1. The molecule has 7 nitrogen and oxygen atoms in total. The molecular weight excluding hydrogens is 448 g/mol. The molecule has 198 valence electrons. The largest absolute Gasteiger partial charge is 0.453 e. The number of carbonyl (C=O) groups is 2. The highest BCUT2D eigenvalue weighted by molar-refractivity contribution is 5.82. The summed E-state index contributed by atoms with van der Waals surface area (Å²) in [6.07, 6.45) is 4.24. The molecule has 0 spiro atoms. The van der Waals surface area contributed by atoms with Gasteiger partial charge in [0.1, 0.15) is 6.10 Å². The first-order chi connectivity index (χ1) is 16.4. The topological polar surface area (TPSA) is 91.3 Å².